The third kappa shape index (κ3) is 4.39. The van der Waals surface area contributed by atoms with E-state index in [-0.39, 0.29) is 0 Å². The van der Waals surface area contributed by atoms with Crippen molar-refractivity contribution in [1.29, 1.82) is 0 Å². The molecule has 1 aromatic rings. The van der Waals surface area contributed by atoms with Crippen molar-refractivity contribution in [2.45, 2.75) is 45.2 Å². The third-order valence-electron chi connectivity index (χ3n) is 4.08. The maximum absolute atomic E-state index is 12.6. The Bertz CT molecular complexity index is 423. The molecule has 112 valence electrons. The molecule has 0 amide bonds. The van der Waals surface area contributed by atoms with Gasteiger partial charge in [0, 0.05) is 12.7 Å². The molecule has 1 fully saturated rings. The normalized spacial score (nSPS) is 23.6. The van der Waals surface area contributed by atoms with E-state index < -0.39 is 11.7 Å². The van der Waals surface area contributed by atoms with E-state index in [1.807, 2.05) is 0 Å². The summed E-state index contributed by atoms with van der Waals surface area (Å²) in [6.45, 7) is 2.97. The largest absolute Gasteiger partial charge is 0.416 e. The van der Waals surface area contributed by atoms with Gasteiger partial charge < -0.3 is 5.32 Å². The maximum Gasteiger partial charge on any atom is 0.416 e. The summed E-state index contributed by atoms with van der Waals surface area (Å²) in [7, 11) is 0. The van der Waals surface area contributed by atoms with Crippen LogP contribution in [0.2, 0.25) is 0 Å². The van der Waals surface area contributed by atoms with Crippen molar-refractivity contribution >= 4 is 5.82 Å². The van der Waals surface area contributed by atoms with Gasteiger partial charge in [0.1, 0.15) is 5.82 Å². The van der Waals surface area contributed by atoms with Crippen molar-refractivity contribution in [2.24, 2.45) is 11.8 Å². The predicted octanol–water partition coefficient (Wildman–Crippen LogP) is 4.73. The topological polar surface area (TPSA) is 24.9 Å². The number of halogens is 3. The Balaban J connectivity index is 1.79. The van der Waals surface area contributed by atoms with Crippen LogP contribution in [-0.2, 0) is 6.18 Å². The Labute approximate surface area is 117 Å². The van der Waals surface area contributed by atoms with Gasteiger partial charge in [-0.3, -0.25) is 0 Å². The molecule has 0 radical (unpaired) electrons. The molecule has 0 atom stereocenters. The quantitative estimate of drug-likeness (QED) is 0.865. The van der Waals surface area contributed by atoms with Crippen LogP contribution >= 0.6 is 0 Å². The van der Waals surface area contributed by atoms with E-state index in [9.17, 15) is 13.2 Å². The summed E-state index contributed by atoms with van der Waals surface area (Å²) in [5.41, 5.74) is -0.651. The summed E-state index contributed by atoms with van der Waals surface area (Å²) in [5.74, 6) is 1.83. The zero-order valence-electron chi connectivity index (χ0n) is 11.7. The van der Waals surface area contributed by atoms with Gasteiger partial charge in [0.25, 0.3) is 0 Å². The van der Waals surface area contributed by atoms with Crippen LogP contribution in [0.3, 0.4) is 0 Å². The minimum atomic E-state index is -4.31. The molecule has 2 rings (SSSR count). The molecule has 0 aromatic carbocycles. The van der Waals surface area contributed by atoms with Crippen molar-refractivity contribution in [1.82, 2.24) is 4.98 Å². The summed E-state index contributed by atoms with van der Waals surface area (Å²) in [5, 5.41) is 3.00. The molecular weight excluding hydrogens is 265 g/mol. The molecule has 2 nitrogen and oxygen atoms in total. The number of hydrogen-bond donors (Lipinski definition) is 1. The molecule has 5 heteroatoms. The summed E-state index contributed by atoms with van der Waals surface area (Å²) in [4.78, 5) is 3.94. The van der Waals surface area contributed by atoms with Gasteiger partial charge in [-0.15, -0.1) is 0 Å². The van der Waals surface area contributed by atoms with Crippen LogP contribution in [0.5, 0.6) is 0 Å². The molecule has 1 aromatic heterocycles. The number of rotatable bonds is 4. The first-order valence-corrected chi connectivity index (χ1v) is 7.22. The molecule has 20 heavy (non-hydrogen) atoms. The second kappa shape index (κ2) is 6.46. The fraction of sp³-hybridized carbons (Fsp3) is 0.667. The fourth-order valence-electron chi connectivity index (χ4n) is 2.73. The van der Waals surface area contributed by atoms with Crippen molar-refractivity contribution in [3.05, 3.63) is 23.9 Å². The van der Waals surface area contributed by atoms with Gasteiger partial charge in [-0.2, -0.15) is 13.2 Å². The van der Waals surface area contributed by atoms with Gasteiger partial charge >= 0.3 is 6.18 Å². The molecule has 1 aliphatic carbocycles. The second-order valence-electron chi connectivity index (χ2n) is 5.77. The molecular formula is C15H21F3N2. The maximum atomic E-state index is 12.6. The lowest BCUT2D eigenvalue weighted by Gasteiger charge is -2.26. The van der Waals surface area contributed by atoms with Crippen LogP contribution in [0.4, 0.5) is 19.0 Å². The van der Waals surface area contributed by atoms with Gasteiger partial charge in [-0.1, -0.05) is 32.6 Å². The molecule has 0 bridgehead atoms. The molecule has 0 aliphatic heterocycles. The van der Waals surface area contributed by atoms with Crippen LogP contribution in [0, 0.1) is 11.8 Å². The number of hydrogen-bond acceptors (Lipinski definition) is 2. The van der Waals surface area contributed by atoms with E-state index in [1.54, 1.807) is 0 Å². The highest BCUT2D eigenvalue weighted by molar-refractivity contribution is 5.38. The average molecular weight is 286 g/mol. The van der Waals surface area contributed by atoms with E-state index >= 15 is 0 Å². The highest BCUT2D eigenvalue weighted by Gasteiger charge is 2.30. The van der Waals surface area contributed by atoms with E-state index in [1.165, 1.54) is 31.9 Å². The lowest BCUT2D eigenvalue weighted by Crippen LogP contribution is -2.16. The van der Waals surface area contributed by atoms with Crippen molar-refractivity contribution in [2.75, 3.05) is 11.9 Å². The SMILES string of the molecule is CC1CCC(CCNc2cc(C(F)(F)F)ccn2)CC1. The number of alkyl halides is 3. The Kier molecular flexibility index (Phi) is 4.89. The zero-order valence-corrected chi connectivity index (χ0v) is 11.7. The van der Waals surface area contributed by atoms with Crippen molar-refractivity contribution in [3.63, 3.8) is 0 Å². The molecule has 1 heterocycles. The predicted molar refractivity (Wildman–Crippen MR) is 73.5 cm³/mol. The minimum Gasteiger partial charge on any atom is -0.370 e. The second-order valence-corrected chi connectivity index (χ2v) is 5.77. The molecule has 0 unspecified atom stereocenters. The molecule has 1 aliphatic rings. The Morgan fingerprint density at radius 1 is 1.25 bits per heavy atom. The van der Waals surface area contributed by atoms with Crippen molar-refractivity contribution < 1.29 is 13.2 Å². The molecule has 0 saturated heterocycles. The van der Waals surface area contributed by atoms with Gasteiger partial charge in [-0.25, -0.2) is 4.98 Å². The Morgan fingerprint density at radius 3 is 2.60 bits per heavy atom. The standard InChI is InChI=1S/C15H21F3N2/c1-11-2-4-12(5-3-11)6-8-19-14-10-13(7-9-20-14)15(16,17)18/h7,9-12H,2-6,8H2,1H3,(H,19,20). The molecule has 1 saturated carbocycles. The van der Waals surface area contributed by atoms with Crippen LogP contribution in [0.15, 0.2) is 18.3 Å². The van der Waals surface area contributed by atoms with Crippen LogP contribution in [0.25, 0.3) is 0 Å². The fourth-order valence-corrected chi connectivity index (χ4v) is 2.73. The van der Waals surface area contributed by atoms with Crippen molar-refractivity contribution in [3.8, 4) is 0 Å². The summed E-state index contributed by atoms with van der Waals surface area (Å²) < 4.78 is 37.7. The molecule has 1 N–H and O–H groups in total. The highest BCUT2D eigenvalue weighted by atomic mass is 19.4. The first-order chi connectivity index (χ1) is 9.45. The van der Waals surface area contributed by atoms with Gasteiger partial charge in [0.05, 0.1) is 5.56 Å². The summed E-state index contributed by atoms with van der Waals surface area (Å²) >= 11 is 0. The summed E-state index contributed by atoms with van der Waals surface area (Å²) in [6, 6.07) is 2.07. The number of aromatic nitrogens is 1. The van der Waals surface area contributed by atoms with Crippen LogP contribution in [-0.4, -0.2) is 11.5 Å². The minimum absolute atomic E-state index is 0.309. The number of anilines is 1. The smallest absolute Gasteiger partial charge is 0.370 e. The number of nitrogens with zero attached hydrogens (tertiary/aromatic N) is 1. The van der Waals surface area contributed by atoms with Crippen LogP contribution < -0.4 is 5.32 Å². The highest BCUT2D eigenvalue weighted by Crippen LogP contribution is 2.31. The van der Waals surface area contributed by atoms with Gasteiger partial charge in [0.2, 0.25) is 0 Å². The van der Waals surface area contributed by atoms with E-state index in [2.05, 4.69) is 17.2 Å². The third-order valence-corrected chi connectivity index (χ3v) is 4.08. The Morgan fingerprint density at radius 2 is 1.95 bits per heavy atom. The first kappa shape index (κ1) is 15.1. The molecule has 0 spiro atoms. The Hall–Kier alpha value is -1.26. The van der Waals surface area contributed by atoms with E-state index in [4.69, 9.17) is 0 Å². The monoisotopic (exact) mass is 286 g/mol. The van der Waals surface area contributed by atoms with E-state index in [0.29, 0.717) is 18.3 Å². The number of nitrogens with one attached hydrogen (secondary N) is 1. The lowest BCUT2D eigenvalue weighted by molar-refractivity contribution is -0.137. The lowest BCUT2D eigenvalue weighted by atomic mass is 9.81. The van der Waals surface area contributed by atoms with Gasteiger partial charge in [-0.05, 0) is 30.4 Å². The first-order valence-electron chi connectivity index (χ1n) is 7.22. The average Bonchev–Trinajstić information content (AvgIpc) is 2.40. The zero-order chi connectivity index (χ0) is 14.6. The van der Waals surface area contributed by atoms with E-state index in [0.717, 1.165) is 24.5 Å². The summed E-state index contributed by atoms with van der Waals surface area (Å²) in [6.07, 6.45) is 2.91. The van der Waals surface area contributed by atoms with Crippen LogP contribution in [0.1, 0.15) is 44.6 Å². The number of pyridine rings is 1. The van der Waals surface area contributed by atoms with Gasteiger partial charge in [0.15, 0.2) is 0 Å².